The van der Waals surface area contributed by atoms with Gasteiger partial charge in [0.2, 0.25) is 5.91 Å². The summed E-state index contributed by atoms with van der Waals surface area (Å²) >= 11 is 3.11. The van der Waals surface area contributed by atoms with Crippen molar-refractivity contribution < 1.29 is 23.9 Å². The number of nitriles is 1. The predicted molar refractivity (Wildman–Crippen MR) is 222 cm³/mol. The molecule has 3 amide bonds. The van der Waals surface area contributed by atoms with E-state index in [1.807, 2.05) is 79.7 Å². The van der Waals surface area contributed by atoms with Crippen LogP contribution in [-0.2, 0) is 21.0 Å². The highest BCUT2D eigenvalue weighted by molar-refractivity contribution is 14.1. The molecule has 0 spiro atoms. The molecule has 1 heterocycles. The van der Waals surface area contributed by atoms with E-state index >= 15 is 0 Å². The fraction of sp³-hybridized carbons (Fsp3) is 0.140. The predicted octanol–water partition coefficient (Wildman–Crippen LogP) is 8.53. The molecule has 4 aromatic rings. The summed E-state index contributed by atoms with van der Waals surface area (Å²) in [6.07, 6.45) is 8.12. The summed E-state index contributed by atoms with van der Waals surface area (Å²) in [7, 11) is 0. The van der Waals surface area contributed by atoms with Gasteiger partial charge in [-0.1, -0.05) is 115 Å². The van der Waals surface area contributed by atoms with Crippen molar-refractivity contribution in [2.24, 2.45) is 4.99 Å². The highest BCUT2D eigenvalue weighted by Gasteiger charge is 2.35. The Hall–Kier alpha value is -5.71. The number of allylic oxidation sites excluding steroid dienone is 4. The summed E-state index contributed by atoms with van der Waals surface area (Å²) in [6.45, 7) is 7.82. The lowest BCUT2D eigenvalue weighted by molar-refractivity contribution is -0.126. The second kappa shape index (κ2) is 19.4. The van der Waals surface area contributed by atoms with Gasteiger partial charge < -0.3 is 14.8 Å². The number of halogens is 1. The number of carbonyl (C=O) groups excluding carboxylic acids is 3. The molecule has 11 heteroatoms. The molecule has 0 unspecified atom stereocenters. The summed E-state index contributed by atoms with van der Waals surface area (Å²) < 4.78 is 12.7. The van der Waals surface area contributed by atoms with Crippen LogP contribution in [0, 0.1) is 14.9 Å². The molecule has 1 N–H and O–H groups in total. The summed E-state index contributed by atoms with van der Waals surface area (Å²) in [6, 6.07) is 31.7. The molecule has 0 aromatic heterocycles. The van der Waals surface area contributed by atoms with Gasteiger partial charge in [0, 0.05) is 11.3 Å². The minimum absolute atomic E-state index is 0.0704. The van der Waals surface area contributed by atoms with Crippen molar-refractivity contribution in [2.75, 3.05) is 12.4 Å². The van der Waals surface area contributed by atoms with E-state index < -0.39 is 17.9 Å². The zero-order valence-corrected chi connectivity index (χ0v) is 32.7. The monoisotopic (exact) mass is 848 g/mol. The second-order valence-corrected chi connectivity index (χ2v) is 13.7. The summed E-state index contributed by atoms with van der Waals surface area (Å²) in [4.78, 5) is 47.0. The van der Waals surface area contributed by atoms with E-state index in [-0.39, 0.29) is 29.0 Å². The molecule has 0 saturated carbocycles. The van der Waals surface area contributed by atoms with Crippen molar-refractivity contribution >= 4 is 63.3 Å². The Kier molecular flexibility index (Phi) is 14.2. The maximum atomic E-state index is 14.2. The highest BCUT2D eigenvalue weighted by Crippen LogP contribution is 2.36. The van der Waals surface area contributed by atoms with Gasteiger partial charge >= 0.3 is 0 Å². The Bertz CT molecular complexity index is 2150. The van der Waals surface area contributed by atoms with Crippen LogP contribution < -0.4 is 14.8 Å². The minimum Gasteiger partial charge on any atom is -0.490 e. The standard InChI is InChI=1S/C43H37IN4O5S/c1-4-7-22-34(5-2)48-42(51)35(23-29-24-36(44)40(37(25-29)52-6-3)53-27-33-21-15-14-20-32(33)26-45)41(50)47-43(48)54-28-38(49)46-39(30-16-10-8-11-17-30)31-18-12-9-13-19-31/h4-5,7-25,39H,1,6,27-28H2,2-3H3,(H,46,49)/b22-7-,34-5+,35-23+. The topological polar surface area (TPSA) is 121 Å². The van der Waals surface area contributed by atoms with E-state index in [9.17, 15) is 19.6 Å². The van der Waals surface area contributed by atoms with Crippen LogP contribution in [0.5, 0.6) is 11.5 Å². The number of hydrogen-bond donors (Lipinski definition) is 1. The number of amides is 3. The average molecular weight is 849 g/mol. The first-order chi connectivity index (χ1) is 26.3. The largest absolute Gasteiger partial charge is 0.490 e. The van der Waals surface area contributed by atoms with Crippen molar-refractivity contribution in [1.82, 2.24) is 10.2 Å². The van der Waals surface area contributed by atoms with Crippen LogP contribution in [0.15, 0.2) is 144 Å². The molecule has 0 aliphatic carbocycles. The third kappa shape index (κ3) is 9.83. The molecule has 0 fully saturated rings. The quantitative estimate of drug-likeness (QED) is 0.0585. The Balaban J connectivity index is 1.43. The Morgan fingerprint density at radius 1 is 1.02 bits per heavy atom. The lowest BCUT2D eigenvalue weighted by atomic mass is 9.99. The number of amidine groups is 1. The molecule has 0 atom stereocenters. The van der Waals surface area contributed by atoms with Crippen molar-refractivity contribution in [3.63, 3.8) is 0 Å². The zero-order valence-electron chi connectivity index (χ0n) is 29.7. The van der Waals surface area contributed by atoms with Gasteiger partial charge in [-0.15, -0.1) is 0 Å². The van der Waals surface area contributed by atoms with Gasteiger partial charge in [0.1, 0.15) is 12.2 Å². The normalized spacial score (nSPS) is 13.9. The lowest BCUT2D eigenvalue weighted by Gasteiger charge is -2.28. The van der Waals surface area contributed by atoms with E-state index in [0.29, 0.717) is 38.5 Å². The number of nitrogens with zero attached hydrogens (tertiary/aromatic N) is 3. The van der Waals surface area contributed by atoms with E-state index in [1.165, 1.54) is 11.0 Å². The van der Waals surface area contributed by atoms with E-state index in [0.717, 1.165) is 28.5 Å². The number of carbonyl (C=O) groups is 3. The molecule has 1 aliphatic heterocycles. The fourth-order valence-corrected chi connectivity index (χ4v) is 7.13. The van der Waals surface area contributed by atoms with Gasteiger partial charge in [0.25, 0.3) is 11.8 Å². The number of ether oxygens (including phenoxy) is 2. The molecule has 0 radical (unpaired) electrons. The Labute approximate surface area is 332 Å². The van der Waals surface area contributed by atoms with Gasteiger partial charge in [-0.2, -0.15) is 10.3 Å². The smallest absolute Gasteiger partial charge is 0.285 e. The number of benzene rings is 4. The maximum absolute atomic E-state index is 14.2. The number of rotatable bonds is 14. The Morgan fingerprint density at radius 3 is 2.31 bits per heavy atom. The zero-order chi connectivity index (χ0) is 38.5. The van der Waals surface area contributed by atoms with E-state index in [2.05, 4.69) is 45.5 Å². The Morgan fingerprint density at radius 2 is 1.69 bits per heavy atom. The third-order valence-corrected chi connectivity index (χ3v) is 9.81. The summed E-state index contributed by atoms with van der Waals surface area (Å²) in [5, 5.41) is 12.7. The summed E-state index contributed by atoms with van der Waals surface area (Å²) in [5.74, 6) is -0.873. The molecule has 1 aliphatic rings. The SMILES string of the molecule is C=C/C=C\C(=C/C)N1C(=O)/C(=C/c2cc(I)c(OCc3ccccc3C#N)c(OCC)c2)C(=O)N=C1SCC(=O)NC(c1ccccc1)c1ccccc1. The fourth-order valence-electron chi connectivity index (χ4n) is 5.54. The van der Waals surface area contributed by atoms with Gasteiger partial charge in [-0.25, -0.2) is 0 Å². The molecule has 0 saturated heterocycles. The van der Waals surface area contributed by atoms with Crippen molar-refractivity contribution in [1.29, 1.82) is 5.26 Å². The van der Waals surface area contributed by atoms with Crippen molar-refractivity contribution in [3.05, 3.63) is 171 Å². The molecule has 54 heavy (non-hydrogen) atoms. The van der Waals surface area contributed by atoms with Crippen LogP contribution in [0.1, 0.15) is 47.7 Å². The van der Waals surface area contributed by atoms with Crippen LogP contribution in [0.3, 0.4) is 0 Å². The van der Waals surface area contributed by atoms with Crippen LogP contribution in [0.25, 0.3) is 6.08 Å². The third-order valence-electron chi connectivity index (χ3n) is 8.07. The first-order valence-corrected chi connectivity index (χ1v) is 19.1. The van der Waals surface area contributed by atoms with Crippen LogP contribution in [0.2, 0.25) is 0 Å². The number of nitrogens with one attached hydrogen (secondary N) is 1. The second-order valence-electron chi connectivity index (χ2n) is 11.6. The first-order valence-electron chi connectivity index (χ1n) is 17.0. The maximum Gasteiger partial charge on any atom is 0.285 e. The van der Waals surface area contributed by atoms with E-state index in [1.54, 1.807) is 55.5 Å². The molecular weight excluding hydrogens is 811 g/mol. The summed E-state index contributed by atoms with van der Waals surface area (Å²) in [5.41, 5.74) is 3.86. The van der Waals surface area contributed by atoms with Gasteiger partial charge in [-0.3, -0.25) is 19.3 Å². The van der Waals surface area contributed by atoms with Gasteiger partial charge in [-0.05, 0) is 83.5 Å². The molecule has 9 nitrogen and oxygen atoms in total. The highest BCUT2D eigenvalue weighted by atomic mass is 127. The molecule has 4 aromatic carbocycles. The molecular formula is C43H37IN4O5S. The van der Waals surface area contributed by atoms with Crippen LogP contribution in [-0.4, -0.2) is 40.1 Å². The van der Waals surface area contributed by atoms with Crippen molar-refractivity contribution in [2.45, 2.75) is 26.5 Å². The lowest BCUT2D eigenvalue weighted by Crippen LogP contribution is -2.42. The van der Waals surface area contributed by atoms with Crippen molar-refractivity contribution in [3.8, 4) is 17.6 Å². The average Bonchev–Trinajstić information content (AvgIpc) is 3.19. The number of hydrogen-bond acceptors (Lipinski definition) is 7. The number of thioether (sulfide) groups is 1. The van der Waals surface area contributed by atoms with Crippen LogP contribution >= 0.6 is 34.4 Å². The van der Waals surface area contributed by atoms with Gasteiger partial charge in [0.15, 0.2) is 16.7 Å². The number of aliphatic imine (C=N–C) groups is 1. The first kappa shape index (κ1) is 39.5. The minimum atomic E-state index is -0.741. The van der Waals surface area contributed by atoms with Crippen LogP contribution in [0.4, 0.5) is 0 Å². The molecule has 5 rings (SSSR count). The molecule has 0 bridgehead atoms. The van der Waals surface area contributed by atoms with Gasteiger partial charge in [0.05, 0.1) is 33.6 Å². The van der Waals surface area contributed by atoms with E-state index in [4.69, 9.17) is 9.47 Å². The molecule has 272 valence electrons.